The Labute approximate surface area is 113 Å². The second-order valence-corrected chi connectivity index (χ2v) is 5.52. The second kappa shape index (κ2) is 4.94. The van der Waals surface area contributed by atoms with E-state index in [1.54, 1.807) is 0 Å². The molecule has 3 atom stereocenters. The van der Waals surface area contributed by atoms with Gasteiger partial charge in [-0.1, -0.05) is 19.1 Å². The summed E-state index contributed by atoms with van der Waals surface area (Å²) in [7, 11) is 0. The molecule has 1 N–H and O–H groups in total. The number of rotatable bonds is 2. The summed E-state index contributed by atoms with van der Waals surface area (Å²) in [6.45, 7) is 5.87. The Hall–Kier alpha value is -1.39. The molecule has 3 rings (SSSR count). The predicted octanol–water partition coefficient (Wildman–Crippen LogP) is 2.59. The third-order valence-electron chi connectivity index (χ3n) is 4.17. The van der Waals surface area contributed by atoms with Crippen molar-refractivity contribution in [2.75, 3.05) is 13.1 Å². The lowest BCUT2D eigenvalue weighted by atomic mass is 9.95. The fraction of sp³-hybridized carbons (Fsp3) is 0.533. The summed E-state index contributed by atoms with van der Waals surface area (Å²) in [5, 5.41) is 9.99. The molecule has 102 valence electrons. The van der Waals surface area contributed by atoms with Crippen molar-refractivity contribution in [2.24, 2.45) is 5.92 Å². The van der Waals surface area contributed by atoms with E-state index in [1.807, 2.05) is 24.3 Å². The number of benzene rings is 1. The predicted molar refractivity (Wildman–Crippen MR) is 73.8 cm³/mol. The molecule has 1 aliphatic heterocycles. The summed E-state index contributed by atoms with van der Waals surface area (Å²) in [5.41, 5.74) is 1.73. The van der Waals surface area contributed by atoms with Gasteiger partial charge in [0.05, 0.1) is 12.1 Å². The highest BCUT2D eigenvalue weighted by atomic mass is 16.3. The number of aliphatic hydroxyl groups excluding tert-OH is 1. The maximum Gasteiger partial charge on any atom is 0.212 e. The molecule has 0 aliphatic carbocycles. The summed E-state index contributed by atoms with van der Waals surface area (Å²) in [6, 6.07) is 7.92. The van der Waals surface area contributed by atoms with Gasteiger partial charge in [-0.05, 0) is 37.9 Å². The van der Waals surface area contributed by atoms with Crippen LogP contribution in [-0.2, 0) is 0 Å². The molecule has 0 saturated carbocycles. The molecule has 1 saturated heterocycles. The van der Waals surface area contributed by atoms with Crippen LogP contribution in [0.5, 0.6) is 0 Å². The molecule has 4 nitrogen and oxygen atoms in total. The number of likely N-dealkylation sites (tertiary alicyclic amines) is 1. The molecule has 0 radical (unpaired) electrons. The molecular weight excluding hydrogens is 240 g/mol. The van der Waals surface area contributed by atoms with E-state index in [2.05, 4.69) is 23.7 Å². The van der Waals surface area contributed by atoms with Crippen LogP contribution in [0.25, 0.3) is 11.1 Å². The minimum atomic E-state index is -0.249. The lowest BCUT2D eigenvalue weighted by molar-refractivity contribution is 0.00840. The molecule has 0 amide bonds. The number of oxazole rings is 1. The quantitative estimate of drug-likeness (QED) is 0.901. The van der Waals surface area contributed by atoms with E-state index in [1.165, 1.54) is 0 Å². The number of aliphatic hydroxyl groups is 1. The zero-order valence-corrected chi connectivity index (χ0v) is 11.4. The van der Waals surface area contributed by atoms with Gasteiger partial charge in [0.1, 0.15) is 5.52 Å². The van der Waals surface area contributed by atoms with Crippen molar-refractivity contribution < 1.29 is 9.52 Å². The third kappa shape index (κ3) is 2.38. The van der Waals surface area contributed by atoms with Crippen LogP contribution >= 0.6 is 0 Å². The van der Waals surface area contributed by atoms with Gasteiger partial charge in [0.2, 0.25) is 5.89 Å². The number of aromatic nitrogens is 1. The fourth-order valence-electron chi connectivity index (χ4n) is 2.65. The molecule has 1 aliphatic rings. The number of hydrogen-bond donors (Lipinski definition) is 1. The van der Waals surface area contributed by atoms with E-state index < -0.39 is 0 Å². The van der Waals surface area contributed by atoms with E-state index in [4.69, 9.17) is 4.42 Å². The van der Waals surface area contributed by atoms with E-state index in [-0.39, 0.29) is 12.1 Å². The minimum Gasteiger partial charge on any atom is -0.439 e. The maximum atomic E-state index is 9.99. The van der Waals surface area contributed by atoms with E-state index in [0.29, 0.717) is 12.5 Å². The van der Waals surface area contributed by atoms with Crippen molar-refractivity contribution >= 4 is 11.1 Å². The van der Waals surface area contributed by atoms with Crippen LogP contribution < -0.4 is 0 Å². The first-order valence-corrected chi connectivity index (χ1v) is 6.92. The van der Waals surface area contributed by atoms with Gasteiger partial charge >= 0.3 is 0 Å². The van der Waals surface area contributed by atoms with Gasteiger partial charge in [-0.25, -0.2) is 4.98 Å². The molecule has 4 heteroatoms. The Morgan fingerprint density at radius 1 is 1.42 bits per heavy atom. The van der Waals surface area contributed by atoms with Crippen molar-refractivity contribution in [3.8, 4) is 0 Å². The summed E-state index contributed by atoms with van der Waals surface area (Å²) in [4.78, 5) is 6.79. The Morgan fingerprint density at radius 2 is 2.21 bits per heavy atom. The Morgan fingerprint density at radius 3 is 2.95 bits per heavy atom. The van der Waals surface area contributed by atoms with Crippen LogP contribution in [0.3, 0.4) is 0 Å². The first kappa shape index (κ1) is 12.6. The van der Waals surface area contributed by atoms with E-state index in [0.717, 1.165) is 30.0 Å². The van der Waals surface area contributed by atoms with Gasteiger partial charge in [0.15, 0.2) is 5.58 Å². The second-order valence-electron chi connectivity index (χ2n) is 5.52. The zero-order valence-electron chi connectivity index (χ0n) is 11.4. The minimum absolute atomic E-state index is 0.106. The first-order chi connectivity index (χ1) is 9.15. The average molecular weight is 260 g/mol. The summed E-state index contributed by atoms with van der Waals surface area (Å²) >= 11 is 0. The van der Waals surface area contributed by atoms with Crippen LogP contribution in [0.4, 0.5) is 0 Å². The highest BCUT2D eigenvalue weighted by Crippen LogP contribution is 2.28. The topological polar surface area (TPSA) is 49.5 Å². The van der Waals surface area contributed by atoms with Crippen LogP contribution in [0.15, 0.2) is 28.7 Å². The number of β-amino-alcohol motifs (C(OH)–C–C–N with tert-alkyl or cyclic N) is 1. The van der Waals surface area contributed by atoms with Gasteiger partial charge in [0, 0.05) is 6.54 Å². The molecule has 1 aromatic heterocycles. The van der Waals surface area contributed by atoms with Crippen LogP contribution in [-0.4, -0.2) is 34.2 Å². The molecule has 0 bridgehead atoms. The fourth-order valence-corrected chi connectivity index (χ4v) is 2.65. The number of hydrogen-bond acceptors (Lipinski definition) is 4. The summed E-state index contributed by atoms with van der Waals surface area (Å²) in [5.74, 6) is 1.12. The number of para-hydroxylation sites is 2. The smallest absolute Gasteiger partial charge is 0.212 e. The van der Waals surface area contributed by atoms with Gasteiger partial charge < -0.3 is 9.52 Å². The standard InChI is InChI=1S/C15H20N2O2/c1-10-7-8-17(9-13(10)18)11(2)15-16-12-5-3-4-6-14(12)19-15/h3-6,10-11,13,18H,7-9H2,1-2H3. The highest BCUT2D eigenvalue weighted by molar-refractivity contribution is 5.72. The lowest BCUT2D eigenvalue weighted by Crippen LogP contribution is -2.43. The molecular formula is C15H20N2O2. The highest BCUT2D eigenvalue weighted by Gasteiger charge is 2.29. The van der Waals surface area contributed by atoms with Crippen LogP contribution in [0, 0.1) is 5.92 Å². The molecule has 2 aromatic rings. The van der Waals surface area contributed by atoms with Gasteiger partial charge in [-0.15, -0.1) is 0 Å². The van der Waals surface area contributed by atoms with Crippen LogP contribution in [0.1, 0.15) is 32.2 Å². The summed E-state index contributed by atoms with van der Waals surface area (Å²) < 4.78 is 5.81. The lowest BCUT2D eigenvalue weighted by Gasteiger charge is -2.36. The van der Waals surface area contributed by atoms with Crippen molar-refractivity contribution in [3.05, 3.63) is 30.2 Å². The Kier molecular flexibility index (Phi) is 3.29. The molecule has 3 unspecified atom stereocenters. The number of nitrogens with zero attached hydrogens (tertiary/aromatic N) is 2. The van der Waals surface area contributed by atoms with Gasteiger partial charge in [-0.3, -0.25) is 4.90 Å². The molecule has 1 aromatic carbocycles. The summed E-state index contributed by atoms with van der Waals surface area (Å²) in [6.07, 6.45) is 0.770. The van der Waals surface area contributed by atoms with Crippen molar-refractivity contribution in [2.45, 2.75) is 32.4 Å². The average Bonchev–Trinajstić information content (AvgIpc) is 2.85. The third-order valence-corrected chi connectivity index (χ3v) is 4.17. The molecule has 0 spiro atoms. The number of piperidine rings is 1. The molecule has 1 fully saturated rings. The van der Waals surface area contributed by atoms with E-state index in [9.17, 15) is 5.11 Å². The largest absolute Gasteiger partial charge is 0.439 e. The van der Waals surface area contributed by atoms with Crippen molar-refractivity contribution in [3.63, 3.8) is 0 Å². The first-order valence-electron chi connectivity index (χ1n) is 6.92. The maximum absolute atomic E-state index is 9.99. The zero-order chi connectivity index (χ0) is 13.4. The monoisotopic (exact) mass is 260 g/mol. The Balaban J connectivity index is 1.81. The van der Waals surface area contributed by atoms with E-state index >= 15 is 0 Å². The van der Waals surface area contributed by atoms with Crippen molar-refractivity contribution in [1.82, 2.24) is 9.88 Å². The molecule has 19 heavy (non-hydrogen) atoms. The van der Waals surface area contributed by atoms with Crippen LogP contribution in [0.2, 0.25) is 0 Å². The van der Waals surface area contributed by atoms with Gasteiger partial charge in [-0.2, -0.15) is 0 Å². The Bertz CT molecular complexity index is 533. The SMILES string of the molecule is CC1CCN(C(C)c2nc3ccccc3o2)CC1O. The van der Waals surface area contributed by atoms with Crippen molar-refractivity contribution in [1.29, 1.82) is 0 Å². The number of fused-ring (bicyclic) bond motifs is 1. The molecule has 2 heterocycles. The van der Waals surface area contributed by atoms with Gasteiger partial charge in [0.25, 0.3) is 0 Å². The normalized spacial score (nSPS) is 26.7.